The summed E-state index contributed by atoms with van der Waals surface area (Å²) < 4.78 is 13.2. The minimum absolute atomic E-state index is 0.0211. The molecular formula is C13H11FN2O3. The minimum atomic E-state index is -0.726. The molecule has 0 amide bonds. The van der Waals surface area contributed by atoms with E-state index in [1.165, 1.54) is 18.2 Å². The Hall–Kier alpha value is -2.21. The molecule has 1 aromatic rings. The molecule has 0 aromatic heterocycles. The van der Waals surface area contributed by atoms with Gasteiger partial charge in [-0.15, -0.1) is 0 Å². The van der Waals surface area contributed by atoms with Crippen LogP contribution in [0.25, 0.3) is 0 Å². The van der Waals surface area contributed by atoms with Crippen LogP contribution in [0.5, 0.6) is 0 Å². The summed E-state index contributed by atoms with van der Waals surface area (Å²) in [7, 11) is 0. The lowest BCUT2D eigenvalue weighted by Gasteiger charge is -2.30. The second-order valence-electron chi connectivity index (χ2n) is 4.61. The molecule has 6 heteroatoms. The third kappa shape index (κ3) is 1.90. The molecule has 1 aliphatic heterocycles. The Bertz CT molecular complexity index is 608. The molecule has 1 saturated carbocycles. The highest BCUT2D eigenvalue weighted by Gasteiger charge is 2.38. The van der Waals surface area contributed by atoms with Crippen molar-refractivity contribution in [3.05, 3.63) is 35.4 Å². The first-order valence-corrected chi connectivity index (χ1v) is 5.91. The van der Waals surface area contributed by atoms with Gasteiger partial charge in [-0.05, 0) is 25.0 Å². The van der Waals surface area contributed by atoms with E-state index in [1.54, 1.807) is 0 Å². The number of allylic oxidation sites excluding steroid dienone is 2. The van der Waals surface area contributed by atoms with E-state index in [9.17, 15) is 19.2 Å². The Balaban J connectivity index is 2.12. The van der Waals surface area contributed by atoms with E-state index in [4.69, 9.17) is 0 Å². The predicted octanol–water partition coefficient (Wildman–Crippen LogP) is 1.84. The molecule has 1 fully saturated rings. The topological polar surface area (TPSA) is 69.6 Å². The molecule has 5 nitrogen and oxygen atoms in total. The molecule has 2 N–H and O–H groups in total. The Morgan fingerprint density at radius 3 is 2.84 bits per heavy atom. The summed E-state index contributed by atoms with van der Waals surface area (Å²) in [4.78, 5) is 22.3. The number of rotatable bonds is 3. The quantitative estimate of drug-likeness (QED) is 0.642. The van der Waals surface area contributed by atoms with Crippen LogP contribution in [0.1, 0.15) is 12.8 Å². The first-order valence-electron chi connectivity index (χ1n) is 5.91. The fraction of sp³-hybridized carbons (Fsp3) is 0.231. The molecular weight excluding hydrogens is 251 g/mol. The molecule has 0 radical (unpaired) electrons. The molecule has 98 valence electrons. The van der Waals surface area contributed by atoms with Crippen LogP contribution in [-0.4, -0.2) is 17.3 Å². The summed E-state index contributed by atoms with van der Waals surface area (Å²) in [5.41, 5.74) is 1.04. The van der Waals surface area contributed by atoms with Gasteiger partial charge in [-0.25, -0.2) is 9.45 Å². The van der Waals surface area contributed by atoms with Crippen LogP contribution in [0.2, 0.25) is 0 Å². The van der Waals surface area contributed by atoms with Gasteiger partial charge in [-0.2, -0.15) is 0 Å². The van der Waals surface area contributed by atoms with Gasteiger partial charge in [0.15, 0.2) is 6.29 Å². The van der Waals surface area contributed by atoms with Crippen molar-refractivity contribution in [2.75, 3.05) is 10.4 Å². The first-order chi connectivity index (χ1) is 9.11. The minimum Gasteiger partial charge on any atom is -0.349 e. The third-order valence-corrected chi connectivity index (χ3v) is 3.25. The van der Waals surface area contributed by atoms with Gasteiger partial charge in [-0.3, -0.25) is 14.8 Å². The summed E-state index contributed by atoms with van der Waals surface area (Å²) >= 11 is 0. The normalized spacial score (nSPS) is 17.9. The van der Waals surface area contributed by atoms with Crippen LogP contribution in [0.15, 0.2) is 29.6 Å². The summed E-state index contributed by atoms with van der Waals surface area (Å²) in [6, 6.07) is 3.80. The van der Waals surface area contributed by atoms with Gasteiger partial charge in [-0.1, -0.05) is 0 Å². The maximum absolute atomic E-state index is 13.2. The number of anilines is 2. The SMILES string of the molecule is O=CC(=O)C1=C(C2CC2)N(O)c2cc(F)ccc2N1. The molecule has 1 aliphatic carbocycles. The Morgan fingerprint density at radius 1 is 1.47 bits per heavy atom. The molecule has 0 bridgehead atoms. The van der Waals surface area contributed by atoms with E-state index in [2.05, 4.69) is 5.32 Å². The van der Waals surface area contributed by atoms with E-state index in [0.29, 0.717) is 11.4 Å². The zero-order chi connectivity index (χ0) is 13.6. The van der Waals surface area contributed by atoms with Crippen LogP contribution in [0.3, 0.4) is 0 Å². The number of carbonyl (C=O) groups is 2. The molecule has 0 spiro atoms. The lowest BCUT2D eigenvalue weighted by atomic mass is 10.1. The largest absolute Gasteiger partial charge is 0.349 e. The van der Waals surface area contributed by atoms with Gasteiger partial charge in [0, 0.05) is 12.0 Å². The number of hydrogen-bond acceptors (Lipinski definition) is 5. The third-order valence-electron chi connectivity index (χ3n) is 3.25. The average molecular weight is 262 g/mol. The first kappa shape index (κ1) is 11.9. The maximum Gasteiger partial charge on any atom is 0.243 e. The fourth-order valence-electron chi connectivity index (χ4n) is 2.20. The lowest BCUT2D eigenvalue weighted by molar-refractivity contribution is -0.127. The predicted molar refractivity (Wildman–Crippen MR) is 65.1 cm³/mol. The highest BCUT2D eigenvalue weighted by Crippen LogP contribution is 2.45. The van der Waals surface area contributed by atoms with Crippen LogP contribution < -0.4 is 10.4 Å². The molecule has 19 heavy (non-hydrogen) atoms. The number of benzene rings is 1. The Labute approximate surface area is 108 Å². The van der Waals surface area contributed by atoms with E-state index in [-0.39, 0.29) is 23.6 Å². The summed E-state index contributed by atoms with van der Waals surface area (Å²) in [6.45, 7) is 0. The number of halogens is 1. The molecule has 2 aliphatic rings. The number of Topliss-reactive ketones (excluding diaryl/α,β-unsaturated/α-hetero) is 1. The number of nitrogens with one attached hydrogen (secondary N) is 1. The second kappa shape index (κ2) is 4.17. The van der Waals surface area contributed by atoms with Crippen molar-refractivity contribution in [2.24, 2.45) is 5.92 Å². The van der Waals surface area contributed by atoms with Gasteiger partial charge < -0.3 is 5.32 Å². The van der Waals surface area contributed by atoms with Crippen molar-refractivity contribution in [1.82, 2.24) is 0 Å². The van der Waals surface area contributed by atoms with Crippen molar-refractivity contribution in [3.63, 3.8) is 0 Å². The van der Waals surface area contributed by atoms with Crippen molar-refractivity contribution >= 4 is 23.4 Å². The highest BCUT2D eigenvalue weighted by atomic mass is 19.1. The maximum atomic E-state index is 13.2. The molecule has 3 rings (SSSR count). The van der Waals surface area contributed by atoms with E-state index in [1.807, 2.05) is 0 Å². The number of nitrogens with zero attached hydrogens (tertiary/aromatic N) is 1. The van der Waals surface area contributed by atoms with Gasteiger partial charge in [0.2, 0.25) is 5.78 Å². The number of ketones is 1. The standard InChI is InChI=1S/C13H11FN2O3/c14-8-3-4-9-10(5-8)16(19)13(7-1-2-7)12(15-9)11(18)6-17/h3-7,15,19H,1-2H2. The number of carbonyl (C=O) groups excluding carboxylic acids is 2. The van der Waals surface area contributed by atoms with Gasteiger partial charge >= 0.3 is 0 Å². The fourth-order valence-corrected chi connectivity index (χ4v) is 2.20. The van der Waals surface area contributed by atoms with Crippen molar-refractivity contribution in [1.29, 1.82) is 0 Å². The van der Waals surface area contributed by atoms with Gasteiger partial charge in [0.25, 0.3) is 0 Å². The number of hydrogen-bond donors (Lipinski definition) is 2. The van der Waals surface area contributed by atoms with Crippen LogP contribution in [0.4, 0.5) is 15.8 Å². The monoisotopic (exact) mass is 262 g/mol. The van der Waals surface area contributed by atoms with Crippen molar-refractivity contribution in [2.45, 2.75) is 12.8 Å². The van der Waals surface area contributed by atoms with E-state index in [0.717, 1.165) is 17.9 Å². The number of fused-ring (bicyclic) bond motifs is 1. The summed E-state index contributed by atoms with van der Waals surface area (Å²) in [5.74, 6) is -1.19. The zero-order valence-corrected chi connectivity index (χ0v) is 9.89. The van der Waals surface area contributed by atoms with Crippen LogP contribution in [-0.2, 0) is 9.59 Å². The van der Waals surface area contributed by atoms with Crippen molar-refractivity contribution < 1.29 is 19.2 Å². The summed E-state index contributed by atoms with van der Waals surface area (Å²) in [5, 5.41) is 13.8. The Kier molecular flexibility index (Phi) is 2.60. The summed E-state index contributed by atoms with van der Waals surface area (Å²) in [6.07, 6.45) is 1.86. The average Bonchev–Trinajstić information content (AvgIpc) is 3.22. The molecule has 0 saturated heterocycles. The Morgan fingerprint density at radius 2 is 2.21 bits per heavy atom. The molecule has 1 aromatic carbocycles. The van der Waals surface area contributed by atoms with E-state index < -0.39 is 11.6 Å². The smallest absolute Gasteiger partial charge is 0.243 e. The van der Waals surface area contributed by atoms with Crippen LogP contribution in [0, 0.1) is 11.7 Å². The zero-order valence-electron chi connectivity index (χ0n) is 9.89. The van der Waals surface area contributed by atoms with Gasteiger partial charge in [0.05, 0.1) is 17.1 Å². The van der Waals surface area contributed by atoms with Crippen molar-refractivity contribution in [3.8, 4) is 0 Å². The van der Waals surface area contributed by atoms with Gasteiger partial charge in [0.1, 0.15) is 11.5 Å². The van der Waals surface area contributed by atoms with E-state index >= 15 is 0 Å². The molecule has 0 atom stereocenters. The molecule has 0 unspecified atom stereocenters. The highest BCUT2D eigenvalue weighted by molar-refractivity contribution is 6.34. The number of aldehydes is 1. The lowest BCUT2D eigenvalue weighted by Crippen LogP contribution is -2.31. The second-order valence-corrected chi connectivity index (χ2v) is 4.61. The molecule has 1 heterocycles. The van der Waals surface area contributed by atoms with Crippen LogP contribution >= 0.6 is 0 Å². The number of hydroxylamine groups is 1.